The maximum atomic E-state index is 12.8. The van der Waals surface area contributed by atoms with Crippen molar-refractivity contribution in [2.75, 3.05) is 13.1 Å². The van der Waals surface area contributed by atoms with E-state index in [2.05, 4.69) is 16.0 Å². The van der Waals surface area contributed by atoms with Crippen molar-refractivity contribution in [2.24, 2.45) is 0 Å². The molecule has 1 amide bonds. The van der Waals surface area contributed by atoms with Crippen LogP contribution in [0.2, 0.25) is 0 Å². The van der Waals surface area contributed by atoms with E-state index in [-0.39, 0.29) is 11.5 Å². The average Bonchev–Trinajstić information content (AvgIpc) is 3.24. The van der Waals surface area contributed by atoms with Gasteiger partial charge in [0, 0.05) is 31.8 Å². The lowest BCUT2D eigenvalue weighted by atomic mass is 9.98. The van der Waals surface area contributed by atoms with Gasteiger partial charge in [-0.15, -0.1) is 11.3 Å². The number of aromatic nitrogens is 3. The predicted octanol–water partition coefficient (Wildman–Crippen LogP) is 4.26. The third-order valence-corrected chi connectivity index (χ3v) is 7.10. The Bertz CT molecular complexity index is 1260. The smallest absolute Gasteiger partial charge is 0.258 e. The number of carbonyl (C=O) groups excluding carboxylic acids is 1. The Morgan fingerprint density at radius 2 is 1.90 bits per heavy atom. The van der Waals surface area contributed by atoms with Gasteiger partial charge in [0.15, 0.2) is 0 Å². The second-order valence-electron chi connectivity index (χ2n) is 8.08. The fourth-order valence-corrected chi connectivity index (χ4v) is 5.38. The van der Waals surface area contributed by atoms with Crippen molar-refractivity contribution in [3.63, 3.8) is 0 Å². The number of hydrogen-bond donors (Lipinski definition) is 1. The standard InChI is InChI=1S/C24H24N4O2S/c29-22(13-5-12-21-25-18-9-2-1-8-17(18)23(30)27-21)28-14-6-7-16(15-28)24-26-19-10-3-4-11-20(19)31-24/h1-4,8-11,16H,5-7,12-15H2,(H,25,27,30). The zero-order valence-corrected chi connectivity index (χ0v) is 18.0. The van der Waals surface area contributed by atoms with Crippen molar-refractivity contribution in [3.05, 3.63) is 69.7 Å². The minimum atomic E-state index is -0.123. The first-order valence-electron chi connectivity index (χ1n) is 10.8. The summed E-state index contributed by atoms with van der Waals surface area (Å²) in [5.41, 5.74) is 1.62. The zero-order chi connectivity index (χ0) is 21.2. The van der Waals surface area contributed by atoms with Crippen LogP contribution in [0.25, 0.3) is 21.1 Å². The van der Waals surface area contributed by atoms with E-state index in [9.17, 15) is 9.59 Å². The molecule has 7 heteroatoms. The number of aromatic amines is 1. The van der Waals surface area contributed by atoms with Gasteiger partial charge in [-0.1, -0.05) is 24.3 Å². The number of fused-ring (bicyclic) bond motifs is 2. The van der Waals surface area contributed by atoms with Crippen molar-refractivity contribution in [2.45, 2.75) is 38.0 Å². The van der Waals surface area contributed by atoms with Crippen LogP contribution in [0.5, 0.6) is 0 Å². The van der Waals surface area contributed by atoms with Crippen LogP contribution >= 0.6 is 11.3 Å². The predicted molar refractivity (Wildman–Crippen MR) is 123 cm³/mol. The number of thiazole rings is 1. The van der Waals surface area contributed by atoms with Crippen LogP contribution in [-0.2, 0) is 11.2 Å². The lowest BCUT2D eigenvalue weighted by molar-refractivity contribution is -0.132. The monoisotopic (exact) mass is 432 g/mol. The van der Waals surface area contributed by atoms with E-state index >= 15 is 0 Å². The summed E-state index contributed by atoms with van der Waals surface area (Å²) in [6.07, 6.45) is 3.80. The Labute approximate surface area is 184 Å². The number of likely N-dealkylation sites (tertiary alicyclic amines) is 1. The molecule has 5 rings (SSSR count). The molecule has 0 radical (unpaired) electrons. The number of carbonyl (C=O) groups is 1. The normalized spacial score (nSPS) is 16.8. The van der Waals surface area contributed by atoms with Gasteiger partial charge in [0.25, 0.3) is 5.56 Å². The van der Waals surface area contributed by atoms with Crippen LogP contribution in [0.1, 0.15) is 42.4 Å². The minimum Gasteiger partial charge on any atom is -0.342 e. The quantitative estimate of drug-likeness (QED) is 0.511. The zero-order valence-electron chi connectivity index (χ0n) is 17.2. The molecule has 1 saturated heterocycles. The molecular formula is C24H24N4O2S. The number of hydrogen-bond acceptors (Lipinski definition) is 5. The molecule has 2 aromatic heterocycles. The number of rotatable bonds is 5. The lowest BCUT2D eigenvalue weighted by Gasteiger charge is -2.32. The fourth-order valence-electron chi connectivity index (χ4n) is 4.29. The SMILES string of the molecule is O=C(CCCc1nc2ccccc2c(=O)[nH]1)N1CCCC(c2nc3ccccc3s2)C1. The van der Waals surface area contributed by atoms with E-state index in [0.29, 0.717) is 41.9 Å². The molecule has 1 fully saturated rings. The molecule has 158 valence electrons. The Morgan fingerprint density at radius 3 is 2.77 bits per heavy atom. The van der Waals surface area contributed by atoms with Crippen LogP contribution < -0.4 is 5.56 Å². The highest BCUT2D eigenvalue weighted by Crippen LogP contribution is 2.33. The molecule has 1 aliphatic rings. The van der Waals surface area contributed by atoms with Crippen molar-refractivity contribution in [3.8, 4) is 0 Å². The van der Waals surface area contributed by atoms with Gasteiger partial charge in [-0.05, 0) is 43.5 Å². The summed E-state index contributed by atoms with van der Waals surface area (Å²) in [5, 5.41) is 1.73. The Kier molecular flexibility index (Phi) is 5.51. The third-order valence-electron chi connectivity index (χ3n) is 5.90. The molecule has 1 atom stereocenters. The number of nitrogens with one attached hydrogen (secondary N) is 1. The molecule has 0 saturated carbocycles. The highest BCUT2D eigenvalue weighted by Gasteiger charge is 2.26. The van der Waals surface area contributed by atoms with E-state index in [1.807, 2.05) is 41.3 Å². The molecule has 0 spiro atoms. The number of amides is 1. The van der Waals surface area contributed by atoms with Gasteiger partial charge in [0.2, 0.25) is 5.91 Å². The molecule has 4 aromatic rings. The van der Waals surface area contributed by atoms with Crippen molar-refractivity contribution >= 4 is 38.4 Å². The van der Waals surface area contributed by atoms with E-state index < -0.39 is 0 Å². The first-order valence-corrected chi connectivity index (χ1v) is 11.6. The lowest BCUT2D eigenvalue weighted by Crippen LogP contribution is -2.39. The van der Waals surface area contributed by atoms with E-state index in [0.717, 1.165) is 36.5 Å². The number of nitrogens with zero attached hydrogens (tertiary/aromatic N) is 3. The van der Waals surface area contributed by atoms with Crippen molar-refractivity contribution in [1.82, 2.24) is 19.9 Å². The van der Waals surface area contributed by atoms with Crippen LogP contribution in [0.15, 0.2) is 53.3 Å². The number of H-pyrrole nitrogens is 1. The van der Waals surface area contributed by atoms with E-state index in [1.165, 1.54) is 4.70 Å². The van der Waals surface area contributed by atoms with Gasteiger partial charge in [-0.25, -0.2) is 9.97 Å². The summed E-state index contributed by atoms with van der Waals surface area (Å²) in [6.45, 7) is 1.55. The maximum Gasteiger partial charge on any atom is 0.258 e. The number of piperidine rings is 1. The van der Waals surface area contributed by atoms with Crippen molar-refractivity contribution < 1.29 is 4.79 Å². The highest BCUT2D eigenvalue weighted by atomic mass is 32.1. The van der Waals surface area contributed by atoms with Crippen LogP contribution in [0, 0.1) is 0 Å². The van der Waals surface area contributed by atoms with Gasteiger partial charge < -0.3 is 9.88 Å². The van der Waals surface area contributed by atoms with E-state index in [4.69, 9.17) is 4.98 Å². The van der Waals surface area contributed by atoms with Crippen molar-refractivity contribution in [1.29, 1.82) is 0 Å². The molecule has 0 bridgehead atoms. The molecular weight excluding hydrogens is 408 g/mol. The van der Waals surface area contributed by atoms with Gasteiger partial charge >= 0.3 is 0 Å². The third kappa shape index (κ3) is 4.23. The largest absolute Gasteiger partial charge is 0.342 e. The number of para-hydroxylation sites is 2. The van der Waals surface area contributed by atoms with Gasteiger partial charge in [-0.3, -0.25) is 9.59 Å². The first kappa shape index (κ1) is 19.9. The molecule has 31 heavy (non-hydrogen) atoms. The minimum absolute atomic E-state index is 0.123. The molecule has 0 aliphatic carbocycles. The Balaban J connectivity index is 1.20. The van der Waals surface area contributed by atoms with Gasteiger partial charge in [0.05, 0.1) is 26.1 Å². The summed E-state index contributed by atoms with van der Waals surface area (Å²) < 4.78 is 1.21. The summed E-state index contributed by atoms with van der Waals surface area (Å²) in [4.78, 5) is 39.2. The fraction of sp³-hybridized carbons (Fsp3) is 0.333. The number of aryl methyl sites for hydroxylation is 1. The maximum absolute atomic E-state index is 12.8. The van der Waals surface area contributed by atoms with Gasteiger partial charge in [-0.2, -0.15) is 0 Å². The molecule has 1 N–H and O–H groups in total. The molecule has 1 aliphatic heterocycles. The molecule has 6 nitrogen and oxygen atoms in total. The average molecular weight is 433 g/mol. The second kappa shape index (κ2) is 8.59. The summed E-state index contributed by atoms with van der Waals surface area (Å²) in [5.74, 6) is 1.13. The summed E-state index contributed by atoms with van der Waals surface area (Å²) >= 11 is 1.74. The summed E-state index contributed by atoms with van der Waals surface area (Å²) in [7, 11) is 0. The van der Waals surface area contributed by atoms with E-state index in [1.54, 1.807) is 17.4 Å². The van der Waals surface area contributed by atoms with Gasteiger partial charge in [0.1, 0.15) is 5.82 Å². The van der Waals surface area contributed by atoms with Crippen LogP contribution in [0.4, 0.5) is 0 Å². The van der Waals surface area contributed by atoms with Crippen LogP contribution in [-0.4, -0.2) is 38.8 Å². The topological polar surface area (TPSA) is 79.0 Å². The first-order chi connectivity index (χ1) is 15.2. The number of benzene rings is 2. The second-order valence-corrected chi connectivity index (χ2v) is 9.14. The molecule has 3 heterocycles. The molecule has 2 aromatic carbocycles. The summed E-state index contributed by atoms with van der Waals surface area (Å²) in [6, 6.07) is 15.5. The molecule has 1 unspecified atom stereocenters. The Morgan fingerprint density at radius 1 is 1.10 bits per heavy atom. The highest BCUT2D eigenvalue weighted by molar-refractivity contribution is 7.18. The van der Waals surface area contributed by atoms with Crippen LogP contribution in [0.3, 0.4) is 0 Å². The Hall–Kier alpha value is -3.06.